The highest BCUT2D eigenvalue weighted by Crippen LogP contribution is 2.42. The molecule has 0 radical (unpaired) electrons. The van der Waals surface area contributed by atoms with Gasteiger partial charge in [-0.3, -0.25) is 0 Å². The highest BCUT2D eigenvalue weighted by Gasteiger charge is 2.18. The van der Waals surface area contributed by atoms with E-state index < -0.39 is 0 Å². The number of hydrogen-bond donors (Lipinski definition) is 0. The second kappa shape index (κ2) is 14.8. The van der Waals surface area contributed by atoms with Crippen LogP contribution in [0.3, 0.4) is 0 Å². The maximum Gasteiger partial charge on any atom is 0.0541 e. The number of aromatic nitrogens is 1. The first kappa shape index (κ1) is 36.2. The molecule has 0 aliphatic rings. The molecular formula is C59H40N2S. The van der Waals surface area contributed by atoms with Gasteiger partial charge in [-0.15, -0.1) is 11.3 Å². The second-order valence-electron chi connectivity index (χ2n) is 16.2. The fourth-order valence-electron chi connectivity index (χ4n) is 9.42. The average molecular weight is 809 g/mol. The van der Waals surface area contributed by atoms with Crippen molar-refractivity contribution in [2.24, 2.45) is 0 Å². The molecule has 0 saturated heterocycles. The van der Waals surface area contributed by atoms with Crippen LogP contribution in [0, 0.1) is 6.92 Å². The summed E-state index contributed by atoms with van der Waals surface area (Å²) in [7, 11) is 0. The second-order valence-corrected chi connectivity index (χ2v) is 17.3. The number of nitrogens with zero attached hydrogens (tertiary/aromatic N) is 2. The largest absolute Gasteiger partial charge is 0.310 e. The van der Waals surface area contributed by atoms with Crippen molar-refractivity contribution in [2.75, 3.05) is 4.90 Å². The summed E-state index contributed by atoms with van der Waals surface area (Å²) in [4.78, 5) is 2.40. The van der Waals surface area contributed by atoms with Crippen LogP contribution in [-0.2, 0) is 0 Å². The van der Waals surface area contributed by atoms with E-state index >= 15 is 0 Å². The van der Waals surface area contributed by atoms with E-state index in [1.165, 1.54) is 91.7 Å². The number of hydrogen-bond acceptors (Lipinski definition) is 2. The van der Waals surface area contributed by atoms with Crippen LogP contribution in [0.1, 0.15) is 5.56 Å². The minimum atomic E-state index is 1.11. The predicted molar refractivity (Wildman–Crippen MR) is 267 cm³/mol. The molecule has 0 aliphatic heterocycles. The molecule has 3 heteroatoms. The van der Waals surface area contributed by atoms with E-state index in [1.54, 1.807) is 0 Å². The summed E-state index contributed by atoms with van der Waals surface area (Å²) in [5.74, 6) is 0. The Labute approximate surface area is 364 Å². The number of fused-ring (bicyclic) bond motifs is 7. The number of anilines is 3. The molecule has 0 atom stereocenters. The highest BCUT2D eigenvalue weighted by molar-refractivity contribution is 7.25. The van der Waals surface area contributed by atoms with Crippen LogP contribution in [0.25, 0.3) is 91.8 Å². The molecule has 12 rings (SSSR count). The Hall–Kier alpha value is -7.72. The van der Waals surface area contributed by atoms with Crippen molar-refractivity contribution >= 4 is 81.1 Å². The Morgan fingerprint density at radius 1 is 0.355 bits per heavy atom. The summed E-state index contributed by atoms with van der Waals surface area (Å²) >= 11 is 1.86. The standard InChI is InChI=1S/C59H40N2S/c1-39-35-45(44-13-10-14-50(37-44)61-56-18-7-4-15-51(56)52-16-5-8-19-57(52)61)27-33-55(39)60(48-29-23-41(24-30-48)46-22-21-40-11-2-3-12-43(40)36-46)49-31-25-42(26-32-49)47-28-34-59-54(38-47)53-17-6-9-20-58(53)62-59/h2-38H,1H3. The first-order chi connectivity index (χ1) is 30.6. The summed E-state index contributed by atoms with van der Waals surface area (Å²) in [5.41, 5.74) is 15.3. The number of para-hydroxylation sites is 2. The summed E-state index contributed by atoms with van der Waals surface area (Å²) in [5, 5.41) is 7.67. The molecule has 292 valence electrons. The lowest BCUT2D eigenvalue weighted by Gasteiger charge is -2.28. The summed E-state index contributed by atoms with van der Waals surface area (Å²) < 4.78 is 5.04. The van der Waals surface area contributed by atoms with E-state index in [2.05, 4.69) is 241 Å². The molecular weight excluding hydrogens is 769 g/mol. The van der Waals surface area contributed by atoms with Crippen LogP contribution in [0.15, 0.2) is 224 Å². The van der Waals surface area contributed by atoms with Crippen molar-refractivity contribution in [1.29, 1.82) is 0 Å². The van der Waals surface area contributed by atoms with Crippen LogP contribution in [0.5, 0.6) is 0 Å². The minimum Gasteiger partial charge on any atom is -0.310 e. The van der Waals surface area contributed by atoms with Gasteiger partial charge in [0, 0.05) is 53.7 Å². The van der Waals surface area contributed by atoms with Crippen molar-refractivity contribution in [3.05, 3.63) is 230 Å². The van der Waals surface area contributed by atoms with Crippen molar-refractivity contribution < 1.29 is 0 Å². The topological polar surface area (TPSA) is 8.17 Å². The molecule has 0 unspecified atom stereocenters. The monoisotopic (exact) mass is 808 g/mol. The lowest BCUT2D eigenvalue weighted by atomic mass is 9.99. The third kappa shape index (κ3) is 6.17. The molecule has 10 aromatic carbocycles. The first-order valence-corrected chi connectivity index (χ1v) is 22.1. The van der Waals surface area contributed by atoms with Gasteiger partial charge in [0.15, 0.2) is 0 Å². The Balaban J connectivity index is 0.933. The maximum absolute atomic E-state index is 2.40. The summed E-state index contributed by atoms with van der Waals surface area (Å²) in [6.45, 7) is 2.24. The van der Waals surface area contributed by atoms with Gasteiger partial charge in [0.25, 0.3) is 0 Å². The molecule has 62 heavy (non-hydrogen) atoms. The van der Waals surface area contributed by atoms with Crippen LogP contribution < -0.4 is 4.90 Å². The van der Waals surface area contributed by atoms with Crippen LogP contribution in [-0.4, -0.2) is 4.57 Å². The SMILES string of the molecule is Cc1cc(-c2cccc(-n3c4ccccc4c4ccccc43)c2)ccc1N(c1ccc(-c2ccc3ccccc3c2)cc1)c1ccc(-c2ccc3sc4ccccc4c3c2)cc1. The maximum atomic E-state index is 2.40. The molecule has 0 saturated carbocycles. The molecule has 2 heterocycles. The van der Waals surface area contributed by atoms with Gasteiger partial charge in [0.2, 0.25) is 0 Å². The summed E-state index contributed by atoms with van der Waals surface area (Å²) in [6, 6.07) is 82.3. The smallest absolute Gasteiger partial charge is 0.0541 e. The molecule has 2 nitrogen and oxygen atoms in total. The molecule has 12 aromatic rings. The Morgan fingerprint density at radius 2 is 0.887 bits per heavy atom. The Bertz CT molecular complexity index is 3590. The predicted octanol–water partition coefficient (Wildman–Crippen LogP) is 17.1. The normalized spacial score (nSPS) is 11.6. The van der Waals surface area contributed by atoms with Crippen molar-refractivity contribution in [3.63, 3.8) is 0 Å². The van der Waals surface area contributed by atoms with E-state index in [1.807, 2.05) is 11.3 Å². The average Bonchev–Trinajstić information content (AvgIpc) is 3.88. The van der Waals surface area contributed by atoms with Gasteiger partial charge < -0.3 is 9.47 Å². The van der Waals surface area contributed by atoms with Gasteiger partial charge in [-0.05, 0) is 142 Å². The van der Waals surface area contributed by atoms with Gasteiger partial charge in [0.05, 0.1) is 11.0 Å². The number of benzene rings is 10. The molecule has 0 bridgehead atoms. The van der Waals surface area contributed by atoms with Crippen molar-refractivity contribution in [2.45, 2.75) is 6.92 Å². The molecule has 2 aromatic heterocycles. The Kier molecular flexibility index (Phi) is 8.62. The van der Waals surface area contributed by atoms with Crippen LogP contribution in [0.4, 0.5) is 17.1 Å². The first-order valence-electron chi connectivity index (χ1n) is 21.2. The van der Waals surface area contributed by atoms with Crippen LogP contribution in [0.2, 0.25) is 0 Å². The van der Waals surface area contributed by atoms with E-state index in [-0.39, 0.29) is 0 Å². The fraction of sp³-hybridized carbons (Fsp3) is 0.0169. The zero-order valence-corrected chi connectivity index (χ0v) is 35.0. The minimum absolute atomic E-state index is 1.11. The van der Waals surface area contributed by atoms with Crippen molar-refractivity contribution in [3.8, 4) is 39.1 Å². The highest BCUT2D eigenvalue weighted by atomic mass is 32.1. The fourth-order valence-corrected chi connectivity index (χ4v) is 10.5. The number of rotatable bonds is 7. The quantitative estimate of drug-likeness (QED) is 0.156. The van der Waals surface area contributed by atoms with Gasteiger partial charge in [-0.2, -0.15) is 0 Å². The zero-order valence-electron chi connectivity index (χ0n) is 34.2. The molecule has 0 spiro atoms. The molecule has 0 amide bonds. The van der Waals surface area contributed by atoms with Gasteiger partial charge in [0.1, 0.15) is 0 Å². The van der Waals surface area contributed by atoms with Crippen molar-refractivity contribution in [1.82, 2.24) is 4.57 Å². The van der Waals surface area contributed by atoms with E-state index in [4.69, 9.17) is 0 Å². The molecule has 0 aliphatic carbocycles. The third-order valence-electron chi connectivity index (χ3n) is 12.5. The van der Waals surface area contributed by atoms with Gasteiger partial charge in [-0.1, -0.05) is 140 Å². The van der Waals surface area contributed by atoms with E-state index in [0.29, 0.717) is 0 Å². The Morgan fingerprint density at radius 3 is 1.60 bits per heavy atom. The lowest BCUT2D eigenvalue weighted by molar-refractivity contribution is 1.18. The van der Waals surface area contributed by atoms with E-state index in [9.17, 15) is 0 Å². The molecule has 0 N–H and O–H groups in total. The number of aryl methyl sites for hydroxylation is 1. The number of thiophene rings is 1. The zero-order chi connectivity index (χ0) is 41.1. The summed E-state index contributed by atoms with van der Waals surface area (Å²) in [6.07, 6.45) is 0. The lowest BCUT2D eigenvalue weighted by Crippen LogP contribution is -2.11. The van der Waals surface area contributed by atoms with Gasteiger partial charge >= 0.3 is 0 Å². The van der Waals surface area contributed by atoms with E-state index in [0.717, 1.165) is 22.7 Å². The van der Waals surface area contributed by atoms with Crippen LogP contribution >= 0.6 is 11.3 Å². The van der Waals surface area contributed by atoms with Gasteiger partial charge in [-0.25, -0.2) is 0 Å². The molecule has 0 fully saturated rings. The third-order valence-corrected chi connectivity index (χ3v) is 13.7.